The van der Waals surface area contributed by atoms with Gasteiger partial charge in [-0.3, -0.25) is 9.69 Å². The minimum absolute atomic E-state index is 0.161. The lowest BCUT2D eigenvalue weighted by Crippen LogP contribution is -2.45. The summed E-state index contributed by atoms with van der Waals surface area (Å²) < 4.78 is 0. The van der Waals surface area contributed by atoms with Crippen LogP contribution in [0.15, 0.2) is 48.0 Å². The minimum atomic E-state index is -1.09. The molecule has 2 aromatic rings. The number of carboxylic acid groups (broad SMARTS) is 1. The van der Waals surface area contributed by atoms with Gasteiger partial charge in [0.2, 0.25) is 5.91 Å². The number of anilines is 1. The highest BCUT2D eigenvalue weighted by Crippen LogP contribution is 2.30. The topological polar surface area (TPSA) is 82.5 Å². The Morgan fingerprint density at radius 1 is 1.29 bits per heavy atom. The maximum absolute atomic E-state index is 12.7. The van der Waals surface area contributed by atoms with E-state index in [0.717, 1.165) is 16.5 Å². The number of carbonyl (C=O) groups excluding carboxylic acids is 1. The van der Waals surface area contributed by atoms with Crippen LogP contribution in [0.2, 0.25) is 0 Å². The third-order valence-corrected chi connectivity index (χ3v) is 4.48. The van der Waals surface area contributed by atoms with Crippen LogP contribution in [0.4, 0.5) is 10.6 Å². The second kappa shape index (κ2) is 6.31. The molecule has 6 heteroatoms. The molecule has 2 heterocycles. The molecule has 0 bridgehead atoms. The lowest BCUT2D eigenvalue weighted by atomic mass is 9.97. The quantitative estimate of drug-likeness (QED) is 0.831. The van der Waals surface area contributed by atoms with Crippen molar-refractivity contribution in [2.75, 3.05) is 11.9 Å². The third kappa shape index (κ3) is 2.82. The number of allylic oxidation sites excluding steroid dienone is 1. The summed E-state index contributed by atoms with van der Waals surface area (Å²) in [6, 6.07) is 10.5. The van der Waals surface area contributed by atoms with E-state index >= 15 is 0 Å². The van der Waals surface area contributed by atoms with Gasteiger partial charge in [0.15, 0.2) is 0 Å². The normalized spacial score (nSPS) is 22.1. The highest BCUT2D eigenvalue weighted by atomic mass is 16.4. The molecule has 0 radical (unpaired) electrons. The van der Waals surface area contributed by atoms with Gasteiger partial charge >= 0.3 is 6.09 Å². The van der Waals surface area contributed by atoms with E-state index in [2.05, 4.69) is 10.3 Å². The monoisotopic (exact) mass is 325 g/mol. The first-order valence-electron chi connectivity index (χ1n) is 7.82. The molecule has 3 rings (SSSR count). The van der Waals surface area contributed by atoms with E-state index in [1.807, 2.05) is 50.3 Å². The van der Waals surface area contributed by atoms with Gasteiger partial charge in [0, 0.05) is 17.8 Å². The summed E-state index contributed by atoms with van der Waals surface area (Å²) in [4.78, 5) is 29.7. The predicted molar refractivity (Wildman–Crippen MR) is 91.8 cm³/mol. The number of amides is 2. The number of para-hydroxylation sites is 1. The minimum Gasteiger partial charge on any atom is -0.465 e. The first-order valence-corrected chi connectivity index (χ1v) is 7.82. The predicted octanol–water partition coefficient (Wildman–Crippen LogP) is 3.12. The van der Waals surface area contributed by atoms with Crippen molar-refractivity contribution in [3.05, 3.63) is 48.0 Å². The summed E-state index contributed by atoms with van der Waals surface area (Å²) in [5, 5.41) is 13.1. The Bertz CT molecular complexity index is 831. The van der Waals surface area contributed by atoms with E-state index in [0.29, 0.717) is 5.82 Å². The Hall–Kier alpha value is -2.89. The van der Waals surface area contributed by atoms with Crippen LogP contribution in [0.5, 0.6) is 0 Å². The van der Waals surface area contributed by atoms with Gasteiger partial charge in [-0.1, -0.05) is 31.2 Å². The summed E-state index contributed by atoms with van der Waals surface area (Å²) in [5.41, 5.74) is 1.73. The van der Waals surface area contributed by atoms with Gasteiger partial charge in [-0.2, -0.15) is 0 Å². The molecule has 2 N–H and O–H groups in total. The Morgan fingerprint density at radius 3 is 2.75 bits per heavy atom. The molecule has 124 valence electrons. The van der Waals surface area contributed by atoms with Crippen LogP contribution < -0.4 is 5.32 Å². The lowest BCUT2D eigenvalue weighted by Gasteiger charge is -2.22. The molecule has 24 heavy (non-hydrogen) atoms. The fraction of sp³-hybridized carbons (Fsp3) is 0.278. The third-order valence-electron chi connectivity index (χ3n) is 4.48. The number of pyridine rings is 1. The molecule has 1 fully saturated rings. The maximum Gasteiger partial charge on any atom is 0.408 e. The first kappa shape index (κ1) is 16.0. The number of hydrogen-bond donors (Lipinski definition) is 2. The first-order chi connectivity index (χ1) is 11.5. The van der Waals surface area contributed by atoms with Crippen molar-refractivity contribution >= 4 is 28.7 Å². The molecule has 1 aromatic heterocycles. The van der Waals surface area contributed by atoms with Gasteiger partial charge in [0.1, 0.15) is 11.9 Å². The summed E-state index contributed by atoms with van der Waals surface area (Å²) >= 11 is 0. The van der Waals surface area contributed by atoms with Gasteiger partial charge in [-0.05, 0) is 30.7 Å². The van der Waals surface area contributed by atoms with E-state index in [-0.39, 0.29) is 18.4 Å². The summed E-state index contributed by atoms with van der Waals surface area (Å²) in [6.45, 7) is 3.99. The van der Waals surface area contributed by atoms with Crippen molar-refractivity contribution in [1.82, 2.24) is 9.88 Å². The van der Waals surface area contributed by atoms with Crippen LogP contribution in [-0.2, 0) is 4.79 Å². The average molecular weight is 325 g/mol. The van der Waals surface area contributed by atoms with Crippen molar-refractivity contribution in [2.45, 2.75) is 19.9 Å². The van der Waals surface area contributed by atoms with Gasteiger partial charge < -0.3 is 10.4 Å². The highest BCUT2D eigenvalue weighted by molar-refractivity contribution is 5.97. The molecule has 6 nitrogen and oxygen atoms in total. The van der Waals surface area contributed by atoms with Crippen molar-refractivity contribution < 1.29 is 14.7 Å². The maximum atomic E-state index is 12.7. The number of rotatable bonds is 2. The Labute approximate surface area is 139 Å². The van der Waals surface area contributed by atoms with Crippen LogP contribution in [0.1, 0.15) is 13.8 Å². The number of aromatic nitrogens is 1. The molecule has 1 aliphatic rings. The Morgan fingerprint density at radius 2 is 2.04 bits per heavy atom. The zero-order chi connectivity index (χ0) is 17.3. The second-order valence-electron chi connectivity index (χ2n) is 5.89. The van der Waals surface area contributed by atoms with Crippen LogP contribution in [0, 0.1) is 5.92 Å². The van der Waals surface area contributed by atoms with Gasteiger partial charge in [0.05, 0.1) is 5.52 Å². The van der Waals surface area contributed by atoms with E-state index in [1.165, 1.54) is 4.90 Å². The molecule has 0 aliphatic carbocycles. The zero-order valence-electron chi connectivity index (χ0n) is 13.6. The van der Waals surface area contributed by atoms with Gasteiger partial charge in [-0.15, -0.1) is 0 Å². The second-order valence-corrected chi connectivity index (χ2v) is 5.89. The molecular weight excluding hydrogens is 306 g/mol. The van der Waals surface area contributed by atoms with Gasteiger partial charge in [0.25, 0.3) is 0 Å². The number of fused-ring (bicyclic) bond motifs is 1. The van der Waals surface area contributed by atoms with Crippen molar-refractivity contribution in [1.29, 1.82) is 0 Å². The number of nitrogens with zero attached hydrogens (tertiary/aromatic N) is 2. The van der Waals surface area contributed by atoms with E-state index < -0.39 is 12.1 Å². The molecular formula is C18H19N3O3. The van der Waals surface area contributed by atoms with E-state index in [9.17, 15) is 14.7 Å². The summed E-state index contributed by atoms with van der Waals surface area (Å²) in [5.74, 6) is -0.0961. The smallest absolute Gasteiger partial charge is 0.408 e. The van der Waals surface area contributed by atoms with Crippen LogP contribution >= 0.6 is 0 Å². The number of likely N-dealkylation sites (tertiary alicyclic amines) is 1. The number of nitrogens with one attached hydrogen (secondary N) is 1. The van der Waals surface area contributed by atoms with Crippen molar-refractivity contribution in [2.24, 2.45) is 5.92 Å². The van der Waals surface area contributed by atoms with Crippen LogP contribution in [-0.4, -0.2) is 39.6 Å². The molecule has 0 saturated carbocycles. The number of carbonyl (C=O) groups is 2. The van der Waals surface area contributed by atoms with Crippen LogP contribution in [0.25, 0.3) is 10.9 Å². The summed E-state index contributed by atoms with van der Waals surface area (Å²) in [6.07, 6.45) is 0.785. The molecule has 1 aliphatic heterocycles. The molecule has 2 atom stereocenters. The number of hydrogen-bond acceptors (Lipinski definition) is 3. The molecule has 2 amide bonds. The zero-order valence-corrected chi connectivity index (χ0v) is 13.6. The standard InChI is InChI=1S/C18H19N3O3/c1-3-12-10-21(18(23)24)16(11(12)2)17(22)20-15-9-8-13-6-4-5-7-14(13)19-15/h3-9,11,16H,10H2,1-2H3,(H,23,24)(H,19,20,22). The van der Waals surface area contributed by atoms with E-state index in [4.69, 9.17) is 0 Å². The van der Waals surface area contributed by atoms with Crippen molar-refractivity contribution in [3.8, 4) is 0 Å². The molecule has 0 spiro atoms. The van der Waals surface area contributed by atoms with E-state index in [1.54, 1.807) is 6.07 Å². The highest BCUT2D eigenvalue weighted by Gasteiger charge is 2.42. The summed E-state index contributed by atoms with van der Waals surface area (Å²) in [7, 11) is 0. The van der Waals surface area contributed by atoms with Crippen LogP contribution in [0.3, 0.4) is 0 Å². The lowest BCUT2D eigenvalue weighted by molar-refractivity contribution is -0.120. The number of benzene rings is 1. The average Bonchev–Trinajstić information content (AvgIpc) is 2.91. The van der Waals surface area contributed by atoms with Crippen molar-refractivity contribution in [3.63, 3.8) is 0 Å². The fourth-order valence-corrected chi connectivity index (χ4v) is 3.16. The Kier molecular flexibility index (Phi) is 4.20. The van der Waals surface area contributed by atoms with Gasteiger partial charge in [-0.25, -0.2) is 9.78 Å². The molecule has 2 unspecified atom stereocenters. The largest absolute Gasteiger partial charge is 0.465 e. The fourth-order valence-electron chi connectivity index (χ4n) is 3.16. The molecule has 1 saturated heterocycles. The SMILES string of the molecule is CC=C1CN(C(=O)O)C(C(=O)Nc2ccc3ccccc3n2)C1C. The molecule has 1 aromatic carbocycles. The Balaban J connectivity index is 1.85.